The summed E-state index contributed by atoms with van der Waals surface area (Å²) in [5.74, 6) is -0.949. The highest BCUT2D eigenvalue weighted by Crippen LogP contribution is 2.32. The molecule has 2 aromatic carbocycles. The van der Waals surface area contributed by atoms with E-state index in [0.29, 0.717) is 18.5 Å². The van der Waals surface area contributed by atoms with E-state index in [2.05, 4.69) is 20.8 Å². The second-order valence-electron chi connectivity index (χ2n) is 8.00. The summed E-state index contributed by atoms with van der Waals surface area (Å²) in [6.45, 7) is 2.80. The van der Waals surface area contributed by atoms with Gasteiger partial charge in [-0.1, -0.05) is 24.3 Å². The Balaban J connectivity index is 1.57. The molecule has 0 radical (unpaired) electrons. The molecule has 3 heterocycles. The number of alkyl halides is 1. The summed E-state index contributed by atoms with van der Waals surface area (Å²) in [6, 6.07) is 11.7. The lowest BCUT2D eigenvalue weighted by molar-refractivity contribution is 0.0893. The first-order valence-electron chi connectivity index (χ1n) is 10.4. The van der Waals surface area contributed by atoms with E-state index in [0.717, 1.165) is 16.6 Å². The molecule has 1 amide bonds. The van der Waals surface area contributed by atoms with Crippen molar-refractivity contribution in [3.8, 4) is 0 Å². The second kappa shape index (κ2) is 7.77. The lowest BCUT2D eigenvalue weighted by Crippen LogP contribution is -2.50. The minimum atomic E-state index is -1.17. The Hall–Kier alpha value is -3.26. The number of carbonyl (C=O) groups excluding carboxylic acids is 1. The fourth-order valence-corrected chi connectivity index (χ4v) is 4.43. The van der Waals surface area contributed by atoms with Crippen molar-refractivity contribution in [3.63, 3.8) is 0 Å². The predicted molar refractivity (Wildman–Crippen MR) is 115 cm³/mol. The Morgan fingerprint density at radius 3 is 2.94 bits per heavy atom. The molecule has 1 aliphatic heterocycles. The average Bonchev–Trinajstić information content (AvgIpc) is 3.38. The molecule has 0 spiro atoms. The summed E-state index contributed by atoms with van der Waals surface area (Å²) in [5.41, 5.74) is 2.50. The number of amides is 1. The van der Waals surface area contributed by atoms with Gasteiger partial charge in [0.1, 0.15) is 12.0 Å². The standard InChI is InChI=1S/C23H23F2N5O/c1-13(22-14-5-2-3-7-18(14)28-29-22)30-12-15(21-16(24)6-4-8-20(21)30)23(31)27-19-9-10-26-11-17(19)25/h2-8,12-13,17,19,26H,9-11H2,1H3,(H,27,31)(H,28,29)/t13?,17-,19?/m0/s1. The van der Waals surface area contributed by atoms with Crippen molar-refractivity contribution in [1.29, 1.82) is 0 Å². The Bertz CT molecular complexity index is 1260. The van der Waals surface area contributed by atoms with Crippen molar-refractivity contribution in [3.05, 3.63) is 65.7 Å². The van der Waals surface area contributed by atoms with Gasteiger partial charge < -0.3 is 15.2 Å². The molecule has 2 aromatic heterocycles. The van der Waals surface area contributed by atoms with Gasteiger partial charge in [-0.05, 0) is 38.1 Å². The van der Waals surface area contributed by atoms with Gasteiger partial charge in [-0.15, -0.1) is 0 Å². The monoisotopic (exact) mass is 423 g/mol. The molecule has 1 aliphatic rings. The summed E-state index contributed by atoms with van der Waals surface area (Å²) >= 11 is 0. The number of hydrogen-bond donors (Lipinski definition) is 3. The molecule has 8 heteroatoms. The van der Waals surface area contributed by atoms with Gasteiger partial charge in [0.2, 0.25) is 0 Å². The summed E-state index contributed by atoms with van der Waals surface area (Å²) in [5, 5.41) is 14.4. The van der Waals surface area contributed by atoms with Crippen molar-refractivity contribution in [2.75, 3.05) is 13.1 Å². The number of nitrogens with zero attached hydrogens (tertiary/aromatic N) is 2. The minimum Gasteiger partial charge on any atom is -0.346 e. The first-order chi connectivity index (χ1) is 15.0. The van der Waals surface area contributed by atoms with Gasteiger partial charge in [-0.2, -0.15) is 5.10 Å². The molecular weight excluding hydrogens is 400 g/mol. The van der Waals surface area contributed by atoms with Crippen LogP contribution >= 0.6 is 0 Å². The number of rotatable bonds is 4. The van der Waals surface area contributed by atoms with Crippen LogP contribution in [0.2, 0.25) is 0 Å². The van der Waals surface area contributed by atoms with E-state index in [1.165, 1.54) is 6.07 Å². The quantitative estimate of drug-likeness (QED) is 0.469. The van der Waals surface area contributed by atoms with Gasteiger partial charge >= 0.3 is 0 Å². The van der Waals surface area contributed by atoms with Gasteiger partial charge in [-0.25, -0.2) is 8.78 Å². The highest BCUT2D eigenvalue weighted by atomic mass is 19.1. The molecule has 1 saturated heterocycles. The van der Waals surface area contributed by atoms with Crippen LogP contribution in [0.5, 0.6) is 0 Å². The summed E-state index contributed by atoms with van der Waals surface area (Å²) in [6.07, 6.45) is 0.966. The topological polar surface area (TPSA) is 74.7 Å². The molecular formula is C23H23F2N5O. The van der Waals surface area contributed by atoms with Crippen molar-refractivity contribution in [2.45, 2.75) is 31.6 Å². The molecule has 2 unspecified atom stereocenters. The number of carbonyl (C=O) groups is 1. The smallest absolute Gasteiger partial charge is 0.253 e. The minimum absolute atomic E-state index is 0.199. The Morgan fingerprint density at radius 1 is 1.26 bits per heavy atom. The Kier molecular flexibility index (Phi) is 4.94. The van der Waals surface area contributed by atoms with Gasteiger partial charge in [0.25, 0.3) is 5.91 Å². The highest BCUT2D eigenvalue weighted by Gasteiger charge is 2.29. The van der Waals surface area contributed by atoms with Crippen LogP contribution in [0.4, 0.5) is 8.78 Å². The number of H-pyrrole nitrogens is 1. The molecule has 31 heavy (non-hydrogen) atoms. The molecule has 0 bridgehead atoms. The fraction of sp³-hybridized carbons (Fsp3) is 0.304. The third kappa shape index (κ3) is 3.37. The summed E-state index contributed by atoms with van der Waals surface area (Å²) in [4.78, 5) is 13.1. The zero-order valence-corrected chi connectivity index (χ0v) is 17.0. The van der Waals surface area contributed by atoms with E-state index in [9.17, 15) is 13.6 Å². The van der Waals surface area contributed by atoms with E-state index >= 15 is 0 Å². The predicted octanol–water partition coefficient (Wildman–Crippen LogP) is 3.70. The van der Waals surface area contributed by atoms with E-state index in [1.54, 1.807) is 18.3 Å². The molecule has 5 rings (SSSR count). The normalized spacial score (nSPS) is 20.2. The SMILES string of the molecule is CC(c1[nH]nc2ccccc12)n1cc(C(=O)NC2CCNC[C@@H]2F)c2c(F)cccc21. The van der Waals surface area contributed by atoms with Crippen LogP contribution in [0.15, 0.2) is 48.7 Å². The average molecular weight is 423 g/mol. The van der Waals surface area contributed by atoms with Gasteiger partial charge in [-0.3, -0.25) is 9.89 Å². The molecule has 160 valence electrons. The molecule has 0 saturated carbocycles. The third-order valence-corrected chi connectivity index (χ3v) is 6.10. The maximum Gasteiger partial charge on any atom is 0.253 e. The number of aromatic nitrogens is 3. The fourth-order valence-electron chi connectivity index (χ4n) is 4.43. The van der Waals surface area contributed by atoms with Crippen LogP contribution < -0.4 is 10.6 Å². The van der Waals surface area contributed by atoms with Crippen LogP contribution in [0.25, 0.3) is 21.8 Å². The van der Waals surface area contributed by atoms with E-state index in [1.807, 2.05) is 35.8 Å². The van der Waals surface area contributed by atoms with Crippen LogP contribution in [0, 0.1) is 5.82 Å². The highest BCUT2D eigenvalue weighted by molar-refractivity contribution is 6.07. The number of fused-ring (bicyclic) bond motifs is 2. The molecule has 1 fully saturated rings. The second-order valence-corrected chi connectivity index (χ2v) is 8.00. The zero-order chi connectivity index (χ0) is 21.5. The number of benzene rings is 2. The lowest BCUT2D eigenvalue weighted by Gasteiger charge is -2.27. The maximum absolute atomic E-state index is 14.8. The molecule has 0 aliphatic carbocycles. The summed E-state index contributed by atoms with van der Waals surface area (Å²) in [7, 11) is 0. The molecule has 4 aromatic rings. The van der Waals surface area contributed by atoms with Crippen LogP contribution in [0.3, 0.4) is 0 Å². The van der Waals surface area contributed by atoms with Gasteiger partial charge in [0.05, 0.1) is 34.4 Å². The first-order valence-corrected chi connectivity index (χ1v) is 10.4. The number of para-hydroxylation sites is 1. The van der Waals surface area contributed by atoms with Crippen LogP contribution in [-0.2, 0) is 0 Å². The zero-order valence-electron chi connectivity index (χ0n) is 17.0. The van der Waals surface area contributed by atoms with E-state index in [-0.39, 0.29) is 23.5 Å². The van der Waals surface area contributed by atoms with Gasteiger partial charge in [0, 0.05) is 23.5 Å². The van der Waals surface area contributed by atoms with Crippen molar-refractivity contribution in [2.24, 2.45) is 0 Å². The van der Waals surface area contributed by atoms with Crippen LogP contribution in [0.1, 0.15) is 35.4 Å². The Morgan fingerprint density at radius 2 is 2.10 bits per heavy atom. The number of piperidine rings is 1. The number of aromatic amines is 1. The van der Waals surface area contributed by atoms with Crippen LogP contribution in [-0.4, -0.2) is 46.0 Å². The van der Waals surface area contributed by atoms with Crippen molar-refractivity contribution >= 4 is 27.7 Å². The maximum atomic E-state index is 14.8. The lowest BCUT2D eigenvalue weighted by atomic mass is 10.0. The van der Waals surface area contributed by atoms with E-state index < -0.39 is 23.9 Å². The van der Waals surface area contributed by atoms with Crippen molar-refractivity contribution < 1.29 is 13.6 Å². The number of nitrogens with one attached hydrogen (secondary N) is 3. The first kappa shape index (κ1) is 19.7. The van der Waals surface area contributed by atoms with E-state index in [4.69, 9.17) is 0 Å². The third-order valence-electron chi connectivity index (χ3n) is 6.10. The largest absolute Gasteiger partial charge is 0.346 e. The van der Waals surface area contributed by atoms with Crippen molar-refractivity contribution in [1.82, 2.24) is 25.4 Å². The molecule has 3 atom stereocenters. The number of halogens is 2. The molecule has 3 N–H and O–H groups in total. The number of hydrogen-bond acceptors (Lipinski definition) is 3. The summed E-state index contributed by atoms with van der Waals surface area (Å²) < 4.78 is 30.9. The molecule has 6 nitrogen and oxygen atoms in total. The van der Waals surface area contributed by atoms with Gasteiger partial charge in [0.15, 0.2) is 0 Å². The Labute approximate surface area is 177 Å².